The zero-order valence-corrected chi connectivity index (χ0v) is 18.1. The van der Waals surface area contributed by atoms with E-state index in [9.17, 15) is 4.79 Å². The molecule has 9 nitrogen and oxygen atoms in total. The van der Waals surface area contributed by atoms with Crippen LogP contribution in [0.3, 0.4) is 0 Å². The summed E-state index contributed by atoms with van der Waals surface area (Å²) >= 11 is 0. The van der Waals surface area contributed by atoms with Crippen molar-refractivity contribution in [3.8, 4) is 22.7 Å². The van der Waals surface area contributed by atoms with Crippen molar-refractivity contribution in [3.05, 3.63) is 78.5 Å². The minimum atomic E-state index is -0.213. The van der Waals surface area contributed by atoms with Crippen LogP contribution in [-0.4, -0.2) is 49.2 Å². The lowest BCUT2D eigenvalue weighted by atomic mass is 9.99. The lowest BCUT2D eigenvalue weighted by Gasteiger charge is -2.26. The summed E-state index contributed by atoms with van der Waals surface area (Å²) in [5.74, 6) is 1.48. The molecule has 1 aromatic carbocycles. The summed E-state index contributed by atoms with van der Waals surface area (Å²) in [5.41, 5.74) is 8.96. The predicted octanol–water partition coefficient (Wildman–Crippen LogP) is 3.29. The van der Waals surface area contributed by atoms with Crippen molar-refractivity contribution in [1.82, 2.24) is 29.6 Å². The second-order valence-corrected chi connectivity index (χ2v) is 7.77. The second-order valence-electron chi connectivity index (χ2n) is 7.77. The lowest BCUT2D eigenvalue weighted by Crippen LogP contribution is -2.31. The van der Waals surface area contributed by atoms with E-state index in [-0.39, 0.29) is 17.9 Å². The molecule has 4 aromatic rings. The highest BCUT2D eigenvalue weighted by Crippen LogP contribution is 2.38. The monoisotopic (exact) mass is 441 g/mol. The molecule has 0 radical (unpaired) electrons. The van der Waals surface area contributed by atoms with Crippen LogP contribution in [-0.2, 0) is 0 Å². The number of nitrogen functional groups attached to an aromatic ring is 1. The second kappa shape index (κ2) is 8.70. The maximum Gasteiger partial charge on any atom is 0.255 e. The third-order valence-electron chi connectivity index (χ3n) is 5.78. The Kier molecular flexibility index (Phi) is 5.43. The van der Waals surface area contributed by atoms with Crippen LogP contribution in [0.4, 0.5) is 5.95 Å². The molecule has 1 fully saturated rings. The molecule has 1 aliphatic rings. The van der Waals surface area contributed by atoms with E-state index in [0.29, 0.717) is 17.9 Å². The fraction of sp³-hybridized carbons (Fsp3) is 0.208. The molecule has 3 aromatic heterocycles. The smallest absolute Gasteiger partial charge is 0.255 e. The average Bonchev–Trinajstić information content (AvgIpc) is 3.56. The molecule has 166 valence electrons. The standard InChI is InChI=1S/C24H23N7O2/c1-33-18-6-2-5-16(13-18)19-15-27-24(25)29-22(19)20-7-3-11-30(20)23(32)17-8-9-21(26-14-17)31-12-4-10-28-31/h2,4-6,8-10,12-15,20H,3,7,11H2,1H3,(H2,25,27,29)/t20-/m0/s1. The van der Waals surface area contributed by atoms with Crippen LogP contribution in [0.2, 0.25) is 0 Å². The maximum atomic E-state index is 13.4. The molecule has 0 unspecified atom stereocenters. The topological polar surface area (TPSA) is 112 Å². The molecule has 4 heterocycles. The normalized spacial score (nSPS) is 15.5. The van der Waals surface area contributed by atoms with E-state index >= 15 is 0 Å². The van der Waals surface area contributed by atoms with Gasteiger partial charge in [0.1, 0.15) is 5.75 Å². The van der Waals surface area contributed by atoms with Gasteiger partial charge < -0.3 is 15.4 Å². The summed E-state index contributed by atoms with van der Waals surface area (Å²) in [5, 5.41) is 4.17. The van der Waals surface area contributed by atoms with Crippen LogP contribution in [0, 0.1) is 0 Å². The van der Waals surface area contributed by atoms with Crippen LogP contribution in [0.25, 0.3) is 16.9 Å². The summed E-state index contributed by atoms with van der Waals surface area (Å²) in [6.45, 7) is 0.631. The van der Waals surface area contributed by atoms with Crippen molar-refractivity contribution in [3.63, 3.8) is 0 Å². The molecule has 0 saturated carbocycles. The molecule has 1 atom stereocenters. The van der Waals surface area contributed by atoms with Crippen molar-refractivity contribution < 1.29 is 9.53 Å². The van der Waals surface area contributed by atoms with E-state index in [1.165, 1.54) is 0 Å². The number of rotatable bonds is 5. The number of pyridine rings is 1. The van der Waals surface area contributed by atoms with Crippen LogP contribution in [0.15, 0.2) is 67.3 Å². The molecule has 9 heteroatoms. The molecule has 2 N–H and O–H groups in total. The Hall–Kier alpha value is -4.27. The van der Waals surface area contributed by atoms with Crippen molar-refractivity contribution in [2.45, 2.75) is 18.9 Å². The first-order chi connectivity index (χ1) is 16.1. The fourth-order valence-corrected chi connectivity index (χ4v) is 4.19. The molecule has 0 bridgehead atoms. The average molecular weight is 441 g/mol. The van der Waals surface area contributed by atoms with Gasteiger partial charge in [-0.25, -0.2) is 19.6 Å². The Bertz CT molecular complexity index is 1270. The van der Waals surface area contributed by atoms with E-state index in [1.54, 1.807) is 48.7 Å². The van der Waals surface area contributed by atoms with Crippen LogP contribution < -0.4 is 10.5 Å². The van der Waals surface area contributed by atoms with Gasteiger partial charge in [0, 0.05) is 36.9 Å². The summed E-state index contributed by atoms with van der Waals surface area (Å²) < 4.78 is 7.03. The summed E-state index contributed by atoms with van der Waals surface area (Å²) in [7, 11) is 1.63. The fourth-order valence-electron chi connectivity index (χ4n) is 4.19. The van der Waals surface area contributed by atoms with Gasteiger partial charge in [-0.15, -0.1) is 0 Å². The number of ether oxygens (including phenoxy) is 1. The predicted molar refractivity (Wildman–Crippen MR) is 123 cm³/mol. The molecular weight excluding hydrogens is 418 g/mol. The first kappa shape index (κ1) is 20.6. The van der Waals surface area contributed by atoms with E-state index in [2.05, 4.69) is 20.1 Å². The van der Waals surface area contributed by atoms with E-state index in [0.717, 1.165) is 35.4 Å². The lowest BCUT2D eigenvalue weighted by molar-refractivity contribution is 0.0733. The van der Waals surface area contributed by atoms with Gasteiger partial charge in [0.05, 0.1) is 24.4 Å². The van der Waals surface area contributed by atoms with E-state index < -0.39 is 0 Å². The third-order valence-corrected chi connectivity index (χ3v) is 5.78. The number of carbonyl (C=O) groups is 1. The van der Waals surface area contributed by atoms with Gasteiger partial charge in [0.25, 0.3) is 5.91 Å². The van der Waals surface area contributed by atoms with Crippen LogP contribution in [0.5, 0.6) is 5.75 Å². The number of amides is 1. The van der Waals surface area contributed by atoms with Gasteiger partial charge in [-0.1, -0.05) is 12.1 Å². The molecule has 33 heavy (non-hydrogen) atoms. The first-order valence-electron chi connectivity index (χ1n) is 10.7. The number of hydrogen-bond acceptors (Lipinski definition) is 7. The summed E-state index contributed by atoms with van der Waals surface area (Å²) in [6, 6.07) is 12.9. The minimum absolute atomic E-state index is 0.0919. The Morgan fingerprint density at radius 1 is 1.15 bits per heavy atom. The Labute approximate surface area is 190 Å². The molecule has 1 aliphatic heterocycles. The summed E-state index contributed by atoms with van der Waals surface area (Å²) in [4.78, 5) is 28.5. The maximum absolute atomic E-state index is 13.4. The van der Waals surface area contributed by atoms with Crippen LogP contribution in [0.1, 0.15) is 34.9 Å². The van der Waals surface area contributed by atoms with Gasteiger partial charge in [-0.3, -0.25) is 4.79 Å². The van der Waals surface area contributed by atoms with Crippen molar-refractivity contribution in [1.29, 1.82) is 0 Å². The number of hydrogen-bond donors (Lipinski definition) is 1. The number of nitrogens with two attached hydrogens (primary N) is 1. The van der Waals surface area contributed by atoms with Crippen molar-refractivity contribution in [2.75, 3.05) is 19.4 Å². The molecule has 0 aliphatic carbocycles. The number of nitrogens with zero attached hydrogens (tertiary/aromatic N) is 6. The number of methoxy groups -OCH3 is 1. The number of anilines is 1. The zero-order valence-electron chi connectivity index (χ0n) is 18.1. The van der Waals surface area contributed by atoms with Crippen molar-refractivity contribution in [2.24, 2.45) is 0 Å². The third kappa shape index (κ3) is 4.00. The number of benzene rings is 1. The largest absolute Gasteiger partial charge is 0.497 e. The Morgan fingerprint density at radius 3 is 2.82 bits per heavy atom. The number of carbonyl (C=O) groups excluding carboxylic acids is 1. The zero-order chi connectivity index (χ0) is 22.8. The highest BCUT2D eigenvalue weighted by atomic mass is 16.5. The molecule has 1 amide bonds. The van der Waals surface area contributed by atoms with E-state index in [1.807, 2.05) is 35.2 Å². The van der Waals surface area contributed by atoms with Crippen LogP contribution >= 0.6 is 0 Å². The van der Waals surface area contributed by atoms with Gasteiger partial charge in [0.15, 0.2) is 5.82 Å². The van der Waals surface area contributed by atoms with Gasteiger partial charge in [-0.05, 0) is 48.7 Å². The first-order valence-corrected chi connectivity index (χ1v) is 10.7. The van der Waals surface area contributed by atoms with E-state index in [4.69, 9.17) is 10.5 Å². The molecule has 5 rings (SSSR count). The highest BCUT2D eigenvalue weighted by Gasteiger charge is 2.34. The molecular formula is C24H23N7O2. The SMILES string of the molecule is COc1cccc(-c2cnc(N)nc2[C@@H]2CCCN2C(=O)c2ccc(-n3cccn3)nc2)c1. The van der Waals surface area contributed by atoms with Crippen molar-refractivity contribution >= 4 is 11.9 Å². The molecule has 0 spiro atoms. The van der Waals surface area contributed by atoms with Gasteiger partial charge in [0.2, 0.25) is 5.95 Å². The Balaban J connectivity index is 1.47. The molecule has 1 saturated heterocycles. The van der Waals surface area contributed by atoms with Gasteiger partial charge in [-0.2, -0.15) is 5.10 Å². The van der Waals surface area contributed by atoms with Gasteiger partial charge >= 0.3 is 0 Å². The highest BCUT2D eigenvalue weighted by molar-refractivity contribution is 5.94. The number of likely N-dealkylation sites (tertiary alicyclic amines) is 1. The minimum Gasteiger partial charge on any atom is -0.497 e. The quantitative estimate of drug-likeness (QED) is 0.506. The number of aromatic nitrogens is 5. The Morgan fingerprint density at radius 2 is 2.06 bits per heavy atom. The summed E-state index contributed by atoms with van der Waals surface area (Å²) in [6.07, 6.45) is 8.46.